The van der Waals surface area contributed by atoms with Gasteiger partial charge in [0.2, 0.25) is 0 Å². The summed E-state index contributed by atoms with van der Waals surface area (Å²) >= 11 is 0. The minimum Gasteiger partial charge on any atom is -0.432 e. The van der Waals surface area contributed by atoms with Crippen LogP contribution in [-0.2, 0) is 6.42 Å². The summed E-state index contributed by atoms with van der Waals surface area (Å²) in [5.41, 5.74) is 8.65. The molecule has 1 aromatic heterocycles. The third-order valence-corrected chi connectivity index (χ3v) is 3.79. The molecule has 0 aliphatic carbocycles. The van der Waals surface area contributed by atoms with E-state index in [1.807, 2.05) is 0 Å². The Kier molecular flexibility index (Phi) is 4.40. The number of benzene rings is 1. The lowest BCUT2D eigenvalue weighted by atomic mass is 10.1. The fraction of sp³-hybridized carbons (Fsp3) is 0.438. The summed E-state index contributed by atoms with van der Waals surface area (Å²) in [4.78, 5) is 6.78. The number of piperidine rings is 1. The van der Waals surface area contributed by atoms with Crippen molar-refractivity contribution in [3.63, 3.8) is 0 Å². The second-order valence-corrected chi connectivity index (χ2v) is 5.40. The highest BCUT2D eigenvalue weighted by molar-refractivity contribution is 5.58. The van der Waals surface area contributed by atoms with Gasteiger partial charge in [-0.2, -0.15) is 4.98 Å². The average Bonchev–Trinajstić information content (AvgIpc) is 2.97. The number of nitrogens with one attached hydrogen (secondary N) is 1. The molecule has 1 aromatic carbocycles. The van der Waals surface area contributed by atoms with Crippen molar-refractivity contribution in [1.82, 2.24) is 4.98 Å². The molecule has 2 heterocycles. The predicted molar refractivity (Wildman–Crippen MR) is 85.1 cm³/mol. The van der Waals surface area contributed by atoms with E-state index in [0.717, 1.165) is 30.9 Å². The fourth-order valence-electron chi connectivity index (χ4n) is 2.66. The molecule has 5 nitrogen and oxygen atoms in total. The van der Waals surface area contributed by atoms with Crippen molar-refractivity contribution in [2.75, 3.05) is 29.9 Å². The maximum Gasteiger partial charge on any atom is 0.299 e. The van der Waals surface area contributed by atoms with Crippen LogP contribution < -0.4 is 16.0 Å². The molecule has 0 spiro atoms. The lowest BCUT2D eigenvalue weighted by Gasteiger charge is -2.28. The molecule has 0 atom stereocenters. The lowest BCUT2D eigenvalue weighted by Crippen LogP contribution is -2.29. The summed E-state index contributed by atoms with van der Waals surface area (Å²) in [6.07, 6.45) is 6.32. The minimum atomic E-state index is 0.518. The van der Waals surface area contributed by atoms with Gasteiger partial charge in [-0.15, -0.1) is 0 Å². The topological polar surface area (TPSA) is 67.3 Å². The zero-order valence-electron chi connectivity index (χ0n) is 12.2. The van der Waals surface area contributed by atoms with Crippen molar-refractivity contribution in [3.8, 4) is 0 Å². The molecule has 1 aliphatic rings. The monoisotopic (exact) mass is 286 g/mol. The van der Waals surface area contributed by atoms with E-state index in [9.17, 15) is 0 Å². The molecule has 0 radical (unpaired) electrons. The first-order valence-electron chi connectivity index (χ1n) is 7.61. The number of anilines is 3. The first kappa shape index (κ1) is 13.9. The van der Waals surface area contributed by atoms with Crippen LogP contribution in [0.15, 0.2) is 34.9 Å². The number of nitrogens with zero attached hydrogens (tertiary/aromatic N) is 2. The van der Waals surface area contributed by atoms with Gasteiger partial charge >= 0.3 is 0 Å². The zero-order valence-corrected chi connectivity index (χ0v) is 12.2. The first-order valence-corrected chi connectivity index (χ1v) is 7.61. The molecule has 5 heteroatoms. The number of nitrogens with two attached hydrogens (primary N) is 1. The molecule has 3 rings (SSSR count). The van der Waals surface area contributed by atoms with E-state index >= 15 is 0 Å². The number of aromatic nitrogens is 1. The van der Waals surface area contributed by atoms with Crippen LogP contribution in [0.4, 0.5) is 17.4 Å². The number of hydrogen-bond donors (Lipinski definition) is 2. The van der Waals surface area contributed by atoms with E-state index < -0.39 is 0 Å². The van der Waals surface area contributed by atoms with Crippen LogP contribution in [-0.4, -0.2) is 24.6 Å². The maximum absolute atomic E-state index is 5.50. The van der Waals surface area contributed by atoms with E-state index in [4.69, 9.17) is 10.2 Å². The molecule has 0 unspecified atom stereocenters. The van der Waals surface area contributed by atoms with E-state index in [-0.39, 0.29) is 0 Å². The van der Waals surface area contributed by atoms with Crippen LogP contribution in [0.1, 0.15) is 25.0 Å². The largest absolute Gasteiger partial charge is 0.432 e. The first-order chi connectivity index (χ1) is 10.3. The molecular weight excluding hydrogens is 264 g/mol. The molecule has 0 saturated carbocycles. The Balaban J connectivity index is 1.63. The van der Waals surface area contributed by atoms with Crippen molar-refractivity contribution in [3.05, 3.63) is 36.2 Å². The quantitative estimate of drug-likeness (QED) is 0.884. The van der Waals surface area contributed by atoms with Crippen LogP contribution in [0, 0.1) is 0 Å². The Morgan fingerprint density at radius 1 is 1.14 bits per heavy atom. The Morgan fingerprint density at radius 3 is 2.62 bits per heavy atom. The molecule has 1 saturated heterocycles. The van der Waals surface area contributed by atoms with Crippen molar-refractivity contribution < 1.29 is 4.42 Å². The Morgan fingerprint density at radius 2 is 1.90 bits per heavy atom. The molecule has 0 bridgehead atoms. The van der Waals surface area contributed by atoms with Gasteiger partial charge in [-0.25, -0.2) is 0 Å². The molecule has 3 N–H and O–H groups in total. The van der Waals surface area contributed by atoms with Crippen molar-refractivity contribution in [2.45, 2.75) is 25.7 Å². The summed E-state index contributed by atoms with van der Waals surface area (Å²) in [5, 5.41) is 3.18. The highest BCUT2D eigenvalue weighted by atomic mass is 16.4. The summed E-state index contributed by atoms with van der Waals surface area (Å²) in [6.45, 7) is 2.90. The van der Waals surface area contributed by atoms with Crippen LogP contribution in [0.2, 0.25) is 0 Å². The normalized spacial score (nSPS) is 15.2. The van der Waals surface area contributed by atoms with Crippen molar-refractivity contribution in [1.29, 1.82) is 0 Å². The second-order valence-electron chi connectivity index (χ2n) is 5.40. The van der Waals surface area contributed by atoms with Gasteiger partial charge in [0.05, 0.1) is 5.69 Å². The Labute approximate surface area is 125 Å². The third kappa shape index (κ3) is 3.55. The minimum absolute atomic E-state index is 0.518. The van der Waals surface area contributed by atoms with E-state index in [2.05, 4.69) is 39.5 Å². The molecule has 112 valence electrons. The number of oxazole rings is 1. The molecule has 2 aromatic rings. The summed E-state index contributed by atoms with van der Waals surface area (Å²) in [6, 6.07) is 8.95. The third-order valence-electron chi connectivity index (χ3n) is 3.79. The van der Waals surface area contributed by atoms with Crippen LogP contribution in [0.5, 0.6) is 0 Å². The fourth-order valence-corrected chi connectivity index (χ4v) is 2.66. The number of hydrogen-bond acceptors (Lipinski definition) is 5. The van der Waals surface area contributed by atoms with Gasteiger partial charge in [0, 0.05) is 30.9 Å². The lowest BCUT2D eigenvalue weighted by molar-refractivity contribution is 0.575. The molecule has 0 amide bonds. The highest BCUT2D eigenvalue weighted by Crippen LogP contribution is 2.23. The second kappa shape index (κ2) is 6.63. The Hall–Kier alpha value is -2.01. The van der Waals surface area contributed by atoms with Crippen molar-refractivity contribution in [2.24, 2.45) is 5.73 Å². The summed E-state index contributed by atoms with van der Waals surface area (Å²) < 4.78 is 5.38. The predicted octanol–water partition coefficient (Wildman–Crippen LogP) is 2.91. The smallest absolute Gasteiger partial charge is 0.299 e. The van der Waals surface area contributed by atoms with Gasteiger partial charge in [0.15, 0.2) is 0 Å². The highest BCUT2D eigenvalue weighted by Gasteiger charge is 2.10. The molecule has 1 fully saturated rings. The van der Waals surface area contributed by atoms with Gasteiger partial charge in [-0.05, 0) is 50.1 Å². The molecular formula is C16H22N4O. The Bertz CT molecular complexity index is 558. The maximum atomic E-state index is 5.50. The van der Waals surface area contributed by atoms with E-state index in [0.29, 0.717) is 12.6 Å². The van der Waals surface area contributed by atoms with Gasteiger partial charge < -0.3 is 20.4 Å². The van der Waals surface area contributed by atoms with E-state index in [1.165, 1.54) is 24.9 Å². The molecule has 1 aliphatic heterocycles. The SMILES string of the molecule is NCCc1coc(Nc2ccc(N3CCCCC3)cc2)n1. The average molecular weight is 286 g/mol. The molecule has 21 heavy (non-hydrogen) atoms. The summed E-state index contributed by atoms with van der Waals surface area (Å²) in [5.74, 6) is 0. The van der Waals surface area contributed by atoms with Crippen LogP contribution in [0.25, 0.3) is 0 Å². The van der Waals surface area contributed by atoms with Gasteiger partial charge in [-0.3, -0.25) is 0 Å². The van der Waals surface area contributed by atoms with Crippen LogP contribution in [0.3, 0.4) is 0 Å². The van der Waals surface area contributed by atoms with Crippen LogP contribution >= 0.6 is 0 Å². The van der Waals surface area contributed by atoms with Gasteiger partial charge in [0.1, 0.15) is 6.26 Å². The summed E-state index contributed by atoms with van der Waals surface area (Å²) in [7, 11) is 0. The number of rotatable bonds is 5. The zero-order chi connectivity index (χ0) is 14.5. The van der Waals surface area contributed by atoms with E-state index in [1.54, 1.807) is 6.26 Å². The van der Waals surface area contributed by atoms with Gasteiger partial charge in [0.25, 0.3) is 6.01 Å². The van der Waals surface area contributed by atoms with Crippen molar-refractivity contribution >= 4 is 17.4 Å². The van der Waals surface area contributed by atoms with Gasteiger partial charge in [-0.1, -0.05) is 0 Å². The standard InChI is InChI=1S/C16H22N4O/c17-9-8-14-12-21-16(19-14)18-13-4-6-15(7-5-13)20-10-2-1-3-11-20/h4-7,12H,1-3,8-11,17H2,(H,18,19).